The molecule has 2 aromatic heterocycles. The van der Waals surface area contributed by atoms with Gasteiger partial charge in [0.2, 0.25) is 0 Å². The molecule has 0 amide bonds. The van der Waals surface area contributed by atoms with Crippen LogP contribution in [0.25, 0.3) is 22.8 Å². The van der Waals surface area contributed by atoms with Crippen LogP contribution in [0.5, 0.6) is 23.0 Å². The summed E-state index contributed by atoms with van der Waals surface area (Å²) >= 11 is 0. The van der Waals surface area contributed by atoms with E-state index in [9.17, 15) is 0 Å². The van der Waals surface area contributed by atoms with Crippen LogP contribution >= 0.6 is 0 Å². The zero-order valence-electron chi connectivity index (χ0n) is 39.5. The summed E-state index contributed by atoms with van der Waals surface area (Å²) in [7, 11) is 0. The van der Waals surface area contributed by atoms with Crippen LogP contribution in [0.4, 0.5) is 0 Å². The zero-order valence-corrected chi connectivity index (χ0v) is 39.5. The Morgan fingerprint density at radius 2 is 0.641 bits per heavy atom. The maximum atomic E-state index is 6.04. The van der Waals surface area contributed by atoms with E-state index >= 15 is 0 Å². The molecule has 2 heterocycles. The molecule has 0 aliphatic carbocycles. The largest absolute Gasteiger partial charge is 0.494 e. The van der Waals surface area contributed by atoms with Crippen molar-refractivity contribution in [3.8, 4) is 45.8 Å². The Bertz CT molecular complexity index is 1770. The van der Waals surface area contributed by atoms with Crippen molar-refractivity contribution < 1.29 is 18.9 Å². The number of aryl methyl sites for hydroxylation is 2. The quantitative estimate of drug-likeness (QED) is 0.0368. The summed E-state index contributed by atoms with van der Waals surface area (Å²) in [5, 5.41) is 0. The Hall–Kier alpha value is -4.98. The minimum absolute atomic E-state index is 0.718. The van der Waals surface area contributed by atoms with Gasteiger partial charge in [0.05, 0.1) is 26.4 Å². The molecule has 5 rings (SSSR count). The molecule has 3 aromatic carbocycles. The monoisotopic (exact) mass is 871 g/mol. The lowest BCUT2D eigenvalue weighted by Gasteiger charge is -2.10. The summed E-state index contributed by atoms with van der Waals surface area (Å²) in [5.41, 5.74) is 4.48. The van der Waals surface area contributed by atoms with Crippen LogP contribution in [0.1, 0.15) is 166 Å². The minimum Gasteiger partial charge on any atom is -0.494 e. The van der Waals surface area contributed by atoms with Gasteiger partial charge >= 0.3 is 0 Å². The Morgan fingerprint density at radius 1 is 0.328 bits per heavy atom. The Morgan fingerprint density at radius 3 is 1.00 bits per heavy atom. The molecule has 0 unspecified atom stereocenters. The van der Waals surface area contributed by atoms with Gasteiger partial charge in [0.25, 0.3) is 0 Å². The summed E-state index contributed by atoms with van der Waals surface area (Å²) in [4.78, 5) is 18.5. The lowest BCUT2D eigenvalue weighted by molar-refractivity contribution is 0.284. The molecule has 0 aliphatic rings. The Kier molecular flexibility index (Phi) is 24.9. The van der Waals surface area contributed by atoms with Gasteiger partial charge in [-0.05, 0) is 123 Å². The average Bonchev–Trinajstić information content (AvgIpc) is 3.33. The first-order valence-electron chi connectivity index (χ1n) is 25.1. The van der Waals surface area contributed by atoms with Gasteiger partial charge in [-0.15, -0.1) is 0 Å². The molecule has 0 atom stereocenters. The zero-order chi connectivity index (χ0) is 44.5. The second-order valence-corrected chi connectivity index (χ2v) is 17.3. The molecule has 0 spiro atoms. The molecule has 0 fully saturated rings. The normalized spacial score (nSPS) is 11.2. The van der Waals surface area contributed by atoms with Gasteiger partial charge in [-0.25, -0.2) is 19.9 Å². The lowest BCUT2D eigenvalue weighted by Crippen LogP contribution is -2.01. The first kappa shape index (κ1) is 50.0. The number of unbranched alkanes of at least 4 members (excludes halogenated alkanes) is 18. The molecule has 0 saturated carbocycles. The molecule has 8 heteroatoms. The van der Waals surface area contributed by atoms with Crippen molar-refractivity contribution in [2.24, 2.45) is 0 Å². The van der Waals surface area contributed by atoms with Gasteiger partial charge in [-0.1, -0.05) is 123 Å². The van der Waals surface area contributed by atoms with E-state index in [-0.39, 0.29) is 0 Å². The lowest BCUT2D eigenvalue weighted by atomic mass is 10.1. The molecular weight excluding hydrogens is 793 g/mol. The van der Waals surface area contributed by atoms with E-state index in [2.05, 4.69) is 58.0 Å². The first-order valence-corrected chi connectivity index (χ1v) is 25.1. The highest BCUT2D eigenvalue weighted by atomic mass is 16.5. The standard InChI is InChI=1S/C56H78N4O4/c1-3-5-7-9-13-19-26-47-43-57-55(58-44-47)49-30-34-51(35-31-49)61-38-21-15-11-17-23-40-63-53-28-25-29-54(42-53)64-41-24-18-12-16-22-39-62-52-36-32-50(33-37-52)56-59-45-48(46-60-56)27-20-14-10-8-6-4-2/h25,28-37,42-46H,3-24,26-27,38-41H2,1-2H3. The number of benzene rings is 3. The van der Waals surface area contributed by atoms with Gasteiger partial charge in [-0.3, -0.25) is 0 Å². The van der Waals surface area contributed by atoms with Crippen molar-refractivity contribution in [1.29, 1.82) is 0 Å². The van der Waals surface area contributed by atoms with Crippen molar-refractivity contribution >= 4 is 0 Å². The molecule has 0 saturated heterocycles. The molecule has 8 nitrogen and oxygen atoms in total. The van der Waals surface area contributed by atoms with E-state index in [1.165, 1.54) is 101 Å². The topological polar surface area (TPSA) is 88.5 Å². The molecule has 0 bridgehead atoms. The average molecular weight is 871 g/mol. The summed E-state index contributed by atoms with van der Waals surface area (Å²) in [5.74, 6) is 5.07. The number of rotatable bonds is 36. The van der Waals surface area contributed by atoms with Crippen LogP contribution in [0.15, 0.2) is 97.6 Å². The van der Waals surface area contributed by atoms with Crippen LogP contribution in [0, 0.1) is 0 Å². The van der Waals surface area contributed by atoms with Crippen molar-refractivity contribution in [3.63, 3.8) is 0 Å². The number of nitrogens with zero attached hydrogens (tertiary/aromatic N) is 4. The van der Waals surface area contributed by atoms with Crippen molar-refractivity contribution in [3.05, 3.63) is 109 Å². The first-order chi connectivity index (χ1) is 31.7. The third-order valence-corrected chi connectivity index (χ3v) is 11.7. The fraction of sp³-hybridized carbons (Fsp3) is 0.536. The van der Waals surface area contributed by atoms with Gasteiger partial charge in [0.1, 0.15) is 23.0 Å². The maximum Gasteiger partial charge on any atom is 0.159 e. The number of ether oxygens (including phenoxy) is 4. The van der Waals surface area contributed by atoms with Crippen molar-refractivity contribution in [1.82, 2.24) is 19.9 Å². The summed E-state index contributed by atoms with van der Waals surface area (Å²) in [6.07, 6.45) is 36.8. The second kappa shape index (κ2) is 31.8. The minimum atomic E-state index is 0.718. The fourth-order valence-corrected chi connectivity index (χ4v) is 7.77. The molecule has 64 heavy (non-hydrogen) atoms. The van der Waals surface area contributed by atoms with E-state index < -0.39 is 0 Å². The second-order valence-electron chi connectivity index (χ2n) is 17.3. The smallest absolute Gasteiger partial charge is 0.159 e. The molecule has 0 aliphatic heterocycles. The third-order valence-electron chi connectivity index (χ3n) is 11.7. The molecule has 0 radical (unpaired) electrons. The molecular formula is C56H78N4O4. The highest BCUT2D eigenvalue weighted by Crippen LogP contribution is 2.23. The van der Waals surface area contributed by atoms with E-state index in [1.807, 2.05) is 73.3 Å². The van der Waals surface area contributed by atoms with Crippen LogP contribution < -0.4 is 18.9 Å². The van der Waals surface area contributed by atoms with Crippen LogP contribution in [0.2, 0.25) is 0 Å². The Labute approximate surface area is 386 Å². The van der Waals surface area contributed by atoms with Crippen LogP contribution in [-0.2, 0) is 12.8 Å². The third kappa shape index (κ3) is 20.7. The van der Waals surface area contributed by atoms with Gasteiger partial charge < -0.3 is 18.9 Å². The highest BCUT2D eigenvalue weighted by Gasteiger charge is 2.06. The van der Waals surface area contributed by atoms with E-state index in [0.29, 0.717) is 0 Å². The van der Waals surface area contributed by atoms with E-state index in [0.717, 1.165) is 136 Å². The molecule has 0 N–H and O–H groups in total. The van der Waals surface area contributed by atoms with Crippen LogP contribution in [-0.4, -0.2) is 46.4 Å². The maximum absolute atomic E-state index is 6.04. The Balaban J connectivity index is 0.815. The molecule has 5 aromatic rings. The highest BCUT2D eigenvalue weighted by molar-refractivity contribution is 5.56. The number of hydrogen-bond donors (Lipinski definition) is 0. The van der Waals surface area contributed by atoms with Crippen molar-refractivity contribution in [2.75, 3.05) is 26.4 Å². The van der Waals surface area contributed by atoms with Crippen molar-refractivity contribution in [2.45, 2.75) is 168 Å². The predicted octanol–water partition coefficient (Wildman–Crippen LogP) is 15.2. The summed E-state index contributed by atoms with van der Waals surface area (Å²) in [6, 6.07) is 24.3. The summed E-state index contributed by atoms with van der Waals surface area (Å²) in [6.45, 7) is 7.41. The predicted molar refractivity (Wildman–Crippen MR) is 264 cm³/mol. The van der Waals surface area contributed by atoms with Gasteiger partial charge in [-0.2, -0.15) is 0 Å². The molecule has 346 valence electrons. The van der Waals surface area contributed by atoms with Gasteiger partial charge in [0, 0.05) is 42.0 Å². The van der Waals surface area contributed by atoms with Crippen LogP contribution in [0.3, 0.4) is 0 Å². The van der Waals surface area contributed by atoms with E-state index in [4.69, 9.17) is 18.9 Å². The van der Waals surface area contributed by atoms with E-state index in [1.54, 1.807) is 0 Å². The summed E-state index contributed by atoms with van der Waals surface area (Å²) < 4.78 is 24.1. The SMILES string of the molecule is CCCCCCCCc1cnc(-c2ccc(OCCCCCCCOc3cccc(OCCCCCCCOc4ccc(-c5ncc(CCCCCCCC)cn5)cc4)c3)cc2)nc1. The number of aromatic nitrogens is 4. The number of hydrogen-bond acceptors (Lipinski definition) is 8. The van der Waals surface area contributed by atoms with Gasteiger partial charge in [0.15, 0.2) is 11.6 Å². The fourth-order valence-electron chi connectivity index (χ4n) is 7.77.